The average molecular weight is 436 g/mol. The number of hydrogen-bond acceptors (Lipinski definition) is 3. The molecule has 3 nitrogen and oxygen atoms in total. The summed E-state index contributed by atoms with van der Waals surface area (Å²) in [5.41, 5.74) is 11.0. The number of methoxy groups -OCH3 is 1. The molecule has 0 aromatic heterocycles. The van der Waals surface area contributed by atoms with Gasteiger partial charge in [0.2, 0.25) is 0 Å². The van der Waals surface area contributed by atoms with Gasteiger partial charge >= 0.3 is 0 Å². The van der Waals surface area contributed by atoms with Crippen molar-refractivity contribution in [2.75, 3.05) is 13.7 Å². The third-order valence-corrected chi connectivity index (χ3v) is 10.5. The highest BCUT2D eigenvalue weighted by Gasteiger charge is 2.67. The summed E-state index contributed by atoms with van der Waals surface area (Å²) in [6, 6.07) is 8.16. The van der Waals surface area contributed by atoms with Crippen molar-refractivity contribution in [3.63, 3.8) is 0 Å². The molecule has 2 N–H and O–H groups in total. The Morgan fingerprint density at radius 3 is 2.72 bits per heavy atom. The van der Waals surface area contributed by atoms with Gasteiger partial charge in [-0.1, -0.05) is 42.8 Å². The molecule has 1 aromatic rings. The molecule has 0 bridgehead atoms. The second-order valence-electron chi connectivity index (χ2n) is 12.0. The fraction of sp³-hybridized carbons (Fsp3) is 0.690. The Bertz CT molecular complexity index is 923. The van der Waals surface area contributed by atoms with Crippen molar-refractivity contribution >= 4 is 5.78 Å². The number of ketones is 1. The lowest BCUT2D eigenvalue weighted by atomic mass is 9.41. The van der Waals surface area contributed by atoms with Crippen molar-refractivity contribution in [1.29, 1.82) is 0 Å². The Kier molecular flexibility index (Phi) is 5.45. The van der Waals surface area contributed by atoms with Crippen LogP contribution in [0.1, 0.15) is 80.6 Å². The Morgan fingerprint density at radius 1 is 1.16 bits per heavy atom. The molecule has 0 radical (unpaired) electrons. The summed E-state index contributed by atoms with van der Waals surface area (Å²) >= 11 is 0. The summed E-state index contributed by atoms with van der Waals surface area (Å²) in [6.45, 7) is 9.63. The number of carbonyl (C=O) groups excluding carboxylic acids is 1. The third kappa shape index (κ3) is 3.10. The predicted molar refractivity (Wildman–Crippen MR) is 129 cm³/mol. The Morgan fingerprint density at radius 2 is 1.97 bits per heavy atom. The minimum atomic E-state index is -0.178. The zero-order valence-corrected chi connectivity index (χ0v) is 20.3. The van der Waals surface area contributed by atoms with Gasteiger partial charge in [-0.2, -0.15) is 0 Å². The van der Waals surface area contributed by atoms with Crippen molar-refractivity contribution < 1.29 is 9.53 Å². The second-order valence-corrected chi connectivity index (χ2v) is 12.0. The van der Waals surface area contributed by atoms with Crippen molar-refractivity contribution in [3.8, 4) is 0 Å². The fourth-order valence-corrected chi connectivity index (χ4v) is 9.13. The second kappa shape index (κ2) is 7.81. The van der Waals surface area contributed by atoms with E-state index < -0.39 is 0 Å². The topological polar surface area (TPSA) is 52.3 Å². The molecule has 5 rings (SSSR count). The van der Waals surface area contributed by atoms with Gasteiger partial charge in [-0.3, -0.25) is 4.79 Å². The number of allylic oxidation sites excluding steroid dienone is 1. The molecule has 0 heterocycles. The van der Waals surface area contributed by atoms with E-state index in [-0.39, 0.29) is 22.3 Å². The van der Waals surface area contributed by atoms with E-state index in [2.05, 4.69) is 32.6 Å². The first-order chi connectivity index (χ1) is 15.2. The maximum Gasteiger partial charge on any atom is 0.166 e. The summed E-state index contributed by atoms with van der Waals surface area (Å²) in [5, 5.41) is 0. The molecule has 174 valence electrons. The largest absolute Gasteiger partial charge is 0.384 e. The van der Waals surface area contributed by atoms with Gasteiger partial charge in [-0.05, 0) is 93.9 Å². The van der Waals surface area contributed by atoms with Gasteiger partial charge in [-0.25, -0.2) is 0 Å². The Balaban J connectivity index is 1.48. The number of fused-ring (bicyclic) bond motifs is 5. The van der Waals surface area contributed by atoms with Gasteiger partial charge in [0, 0.05) is 29.5 Å². The summed E-state index contributed by atoms with van der Waals surface area (Å²) in [5.74, 6) is 2.01. The van der Waals surface area contributed by atoms with E-state index >= 15 is 0 Å². The lowest BCUT2D eigenvalue weighted by Crippen LogP contribution is -2.69. The van der Waals surface area contributed by atoms with Gasteiger partial charge in [0.25, 0.3) is 0 Å². The summed E-state index contributed by atoms with van der Waals surface area (Å²) < 4.78 is 5.90. The zero-order valence-electron chi connectivity index (χ0n) is 20.3. The zero-order chi connectivity index (χ0) is 22.7. The first-order valence-electron chi connectivity index (χ1n) is 12.8. The van der Waals surface area contributed by atoms with E-state index in [1.807, 2.05) is 19.2 Å². The monoisotopic (exact) mass is 435 g/mol. The van der Waals surface area contributed by atoms with Crippen LogP contribution in [0.4, 0.5) is 0 Å². The van der Waals surface area contributed by atoms with Crippen LogP contribution in [-0.4, -0.2) is 25.0 Å². The molecular formula is C29H41NO2. The highest BCUT2D eigenvalue weighted by Crippen LogP contribution is 2.68. The van der Waals surface area contributed by atoms with E-state index in [1.54, 1.807) is 0 Å². The Labute approximate surface area is 194 Å². The lowest BCUT2D eigenvalue weighted by molar-refractivity contribution is -0.149. The number of ether oxygens (including phenoxy) is 1. The molecule has 1 aromatic carbocycles. The van der Waals surface area contributed by atoms with Gasteiger partial charge in [0.15, 0.2) is 5.78 Å². The SMILES string of the molecule is C=C1CC[C@@]2(COC)C(CC[C@]3(N)C2CC[C@@]2(C)C3CC[C@@H]2C(=O)c2cccc(C)c2)C1. The summed E-state index contributed by atoms with van der Waals surface area (Å²) in [7, 11) is 1.86. The number of carbonyl (C=O) groups is 1. The van der Waals surface area contributed by atoms with E-state index in [0.29, 0.717) is 23.5 Å². The molecule has 32 heavy (non-hydrogen) atoms. The number of Topliss-reactive ketones (excluding diaryl/α,β-unsaturated/α-hetero) is 1. The number of hydrogen-bond donors (Lipinski definition) is 1. The van der Waals surface area contributed by atoms with Gasteiger partial charge in [0.05, 0.1) is 6.61 Å². The van der Waals surface area contributed by atoms with Crippen LogP contribution in [0.15, 0.2) is 36.4 Å². The standard InChI is InChI=1S/C29H41NO2/c1-19-6-5-7-21(16-19)26(31)23-8-9-24-27(23,3)13-12-25-28(18-32-4)14-10-20(2)17-22(28)11-15-29(24,25)30/h5-7,16,22-25H,2,8-15,17-18,30H2,1,3-4H3/t22?,23-,24?,25?,27-,28-,29-/m1/s1. The van der Waals surface area contributed by atoms with Crippen molar-refractivity contribution in [2.24, 2.45) is 40.2 Å². The van der Waals surface area contributed by atoms with Gasteiger partial charge in [-0.15, -0.1) is 0 Å². The van der Waals surface area contributed by atoms with Crippen LogP contribution in [0.25, 0.3) is 0 Å². The highest BCUT2D eigenvalue weighted by molar-refractivity contribution is 5.98. The molecule has 0 amide bonds. The van der Waals surface area contributed by atoms with Gasteiger partial charge < -0.3 is 10.5 Å². The quantitative estimate of drug-likeness (QED) is 0.459. The van der Waals surface area contributed by atoms with Crippen molar-refractivity contribution in [1.82, 2.24) is 0 Å². The summed E-state index contributed by atoms with van der Waals surface area (Å²) in [4.78, 5) is 13.7. The van der Waals surface area contributed by atoms with Crippen LogP contribution in [0.5, 0.6) is 0 Å². The molecule has 3 heteroatoms. The number of benzene rings is 1. The lowest BCUT2D eigenvalue weighted by Gasteiger charge is -2.65. The van der Waals surface area contributed by atoms with E-state index in [4.69, 9.17) is 10.5 Å². The van der Waals surface area contributed by atoms with Gasteiger partial charge in [0.1, 0.15) is 0 Å². The van der Waals surface area contributed by atoms with Crippen LogP contribution in [0.2, 0.25) is 0 Å². The molecule has 0 aliphatic heterocycles. The number of aryl methyl sites for hydroxylation is 1. The maximum absolute atomic E-state index is 13.7. The van der Waals surface area contributed by atoms with E-state index in [0.717, 1.165) is 62.7 Å². The first kappa shape index (κ1) is 22.3. The highest BCUT2D eigenvalue weighted by atomic mass is 16.5. The molecular weight excluding hydrogens is 394 g/mol. The van der Waals surface area contributed by atoms with Crippen LogP contribution < -0.4 is 5.73 Å². The van der Waals surface area contributed by atoms with E-state index in [9.17, 15) is 4.79 Å². The molecule has 4 fully saturated rings. The normalized spacial score (nSPS) is 43.3. The van der Waals surface area contributed by atoms with E-state index in [1.165, 1.54) is 18.4 Å². The van der Waals surface area contributed by atoms with Crippen molar-refractivity contribution in [3.05, 3.63) is 47.5 Å². The van der Waals surface area contributed by atoms with Crippen LogP contribution >= 0.6 is 0 Å². The fourth-order valence-electron chi connectivity index (χ4n) is 9.13. The smallest absolute Gasteiger partial charge is 0.166 e. The molecule has 4 aliphatic rings. The number of nitrogens with two attached hydrogens (primary N) is 1. The molecule has 4 saturated carbocycles. The minimum absolute atomic E-state index is 0.00540. The summed E-state index contributed by atoms with van der Waals surface area (Å²) in [6.07, 6.45) is 10.0. The molecule has 0 saturated heterocycles. The third-order valence-electron chi connectivity index (χ3n) is 10.5. The van der Waals surface area contributed by atoms with Crippen LogP contribution in [-0.2, 0) is 4.74 Å². The van der Waals surface area contributed by atoms with Crippen LogP contribution in [0.3, 0.4) is 0 Å². The first-order valence-corrected chi connectivity index (χ1v) is 12.8. The minimum Gasteiger partial charge on any atom is -0.384 e. The molecule has 0 spiro atoms. The van der Waals surface area contributed by atoms with Crippen molar-refractivity contribution in [2.45, 2.75) is 77.2 Å². The molecule has 4 aliphatic carbocycles. The van der Waals surface area contributed by atoms with Crippen LogP contribution in [0, 0.1) is 41.4 Å². The maximum atomic E-state index is 13.7. The molecule has 7 atom stereocenters. The average Bonchev–Trinajstić information content (AvgIpc) is 3.12. The number of rotatable bonds is 4. The molecule has 3 unspecified atom stereocenters. The predicted octanol–water partition coefficient (Wildman–Crippen LogP) is 6.10. The Hall–Kier alpha value is -1.45.